The number of halogens is 1. The molecule has 1 heterocycles. The van der Waals surface area contributed by atoms with Gasteiger partial charge in [-0.2, -0.15) is 0 Å². The molecule has 0 aliphatic rings. The van der Waals surface area contributed by atoms with E-state index in [0.717, 1.165) is 11.0 Å². The van der Waals surface area contributed by atoms with Crippen LogP contribution in [0.15, 0.2) is 24.3 Å². The lowest BCUT2D eigenvalue weighted by Crippen LogP contribution is -2.06. The van der Waals surface area contributed by atoms with Crippen LogP contribution in [-0.2, 0) is 0 Å². The second-order valence-electron chi connectivity index (χ2n) is 2.24. The van der Waals surface area contributed by atoms with E-state index in [1.807, 2.05) is 24.3 Å². The number of hydrogen-bond acceptors (Lipinski definition) is 2. The molecule has 56 valence electrons. The molecule has 0 bridgehead atoms. The van der Waals surface area contributed by atoms with E-state index in [9.17, 15) is 0 Å². The van der Waals surface area contributed by atoms with E-state index in [1.54, 1.807) is 0 Å². The summed E-state index contributed by atoms with van der Waals surface area (Å²) >= 11 is 5.68. The molecule has 0 saturated heterocycles. The van der Waals surface area contributed by atoms with Crippen molar-refractivity contribution in [1.29, 1.82) is 0 Å². The van der Waals surface area contributed by atoms with E-state index in [1.165, 1.54) is 4.68 Å². The van der Waals surface area contributed by atoms with E-state index in [2.05, 4.69) is 4.98 Å². The summed E-state index contributed by atoms with van der Waals surface area (Å²) in [5.74, 6) is 5.56. The first-order valence-corrected chi connectivity index (χ1v) is 3.55. The Kier molecular flexibility index (Phi) is 1.26. The van der Waals surface area contributed by atoms with Gasteiger partial charge in [-0.15, -0.1) is 0 Å². The summed E-state index contributed by atoms with van der Waals surface area (Å²) in [4.78, 5) is 4.02. The summed E-state index contributed by atoms with van der Waals surface area (Å²) in [5.41, 5.74) is 1.66. The monoisotopic (exact) mass is 167 g/mol. The lowest BCUT2D eigenvalue weighted by molar-refractivity contribution is 1.04. The van der Waals surface area contributed by atoms with Gasteiger partial charge in [-0.25, -0.2) is 9.66 Å². The highest BCUT2D eigenvalue weighted by molar-refractivity contribution is 6.29. The van der Waals surface area contributed by atoms with Crippen LogP contribution in [0.25, 0.3) is 11.0 Å². The quantitative estimate of drug-likeness (QED) is 0.603. The topological polar surface area (TPSA) is 43.8 Å². The largest absolute Gasteiger partial charge is 0.336 e. The highest BCUT2D eigenvalue weighted by Gasteiger charge is 2.02. The Hall–Kier alpha value is -1.22. The number of nitrogens with zero attached hydrogens (tertiary/aromatic N) is 2. The van der Waals surface area contributed by atoms with Gasteiger partial charge in [0.25, 0.3) is 0 Å². The number of aromatic nitrogens is 2. The van der Waals surface area contributed by atoms with Gasteiger partial charge in [-0.1, -0.05) is 12.1 Å². The maximum Gasteiger partial charge on any atom is 0.222 e. The fraction of sp³-hybridized carbons (Fsp3) is 0. The summed E-state index contributed by atoms with van der Waals surface area (Å²) in [6, 6.07) is 7.52. The van der Waals surface area contributed by atoms with Crippen molar-refractivity contribution in [3.05, 3.63) is 29.5 Å². The zero-order valence-electron chi connectivity index (χ0n) is 5.66. The number of nitrogen functional groups attached to an aromatic ring is 1. The number of imidazole rings is 1. The van der Waals surface area contributed by atoms with Gasteiger partial charge in [0, 0.05) is 0 Å². The first-order valence-electron chi connectivity index (χ1n) is 3.17. The fourth-order valence-electron chi connectivity index (χ4n) is 1.02. The zero-order chi connectivity index (χ0) is 7.84. The summed E-state index contributed by atoms with van der Waals surface area (Å²) in [6.45, 7) is 0. The average molecular weight is 168 g/mol. The van der Waals surface area contributed by atoms with Crippen LogP contribution in [0.3, 0.4) is 0 Å². The third-order valence-corrected chi connectivity index (χ3v) is 1.82. The molecule has 0 aliphatic carbocycles. The predicted octanol–water partition coefficient (Wildman–Crippen LogP) is 1.40. The van der Waals surface area contributed by atoms with Crippen molar-refractivity contribution in [3.63, 3.8) is 0 Å². The second kappa shape index (κ2) is 2.13. The molecular weight excluding hydrogens is 162 g/mol. The minimum Gasteiger partial charge on any atom is -0.336 e. The summed E-state index contributed by atoms with van der Waals surface area (Å²) < 4.78 is 1.36. The normalized spacial score (nSPS) is 10.6. The molecule has 1 aromatic carbocycles. The van der Waals surface area contributed by atoms with E-state index in [0.29, 0.717) is 5.28 Å². The number of rotatable bonds is 0. The zero-order valence-corrected chi connectivity index (χ0v) is 6.42. The highest BCUT2D eigenvalue weighted by atomic mass is 35.5. The van der Waals surface area contributed by atoms with Crippen molar-refractivity contribution in [2.45, 2.75) is 0 Å². The van der Waals surface area contributed by atoms with Gasteiger partial charge in [0.1, 0.15) is 0 Å². The van der Waals surface area contributed by atoms with Crippen molar-refractivity contribution in [3.8, 4) is 0 Å². The van der Waals surface area contributed by atoms with Gasteiger partial charge in [0.2, 0.25) is 5.28 Å². The Morgan fingerprint density at radius 2 is 2.09 bits per heavy atom. The van der Waals surface area contributed by atoms with Gasteiger partial charge in [-0.05, 0) is 23.7 Å². The molecule has 4 heteroatoms. The van der Waals surface area contributed by atoms with Gasteiger partial charge < -0.3 is 5.84 Å². The van der Waals surface area contributed by atoms with Crippen LogP contribution < -0.4 is 5.84 Å². The Bertz CT molecular complexity index is 393. The van der Waals surface area contributed by atoms with Crippen LogP contribution in [0.1, 0.15) is 0 Å². The third-order valence-electron chi connectivity index (χ3n) is 1.55. The molecule has 3 nitrogen and oxygen atoms in total. The molecule has 1 aromatic heterocycles. The van der Waals surface area contributed by atoms with E-state index in [-0.39, 0.29) is 0 Å². The lowest BCUT2D eigenvalue weighted by atomic mass is 10.3. The predicted molar refractivity (Wildman–Crippen MR) is 44.9 cm³/mol. The van der Waals surface area contributed by atoms with E-state index in [4.69, 9.17) is 17.4 Å². The van der Waals surface area contributed by atoms with Crippen LogP contribution >= 0.6 is 11.6 Å². The number of fused-ring (bicyclic) bond motifs is 1. The van der Waals surface area contributed by atoms with Crippen LogP contribution in [0.4, 0.5) is 0 Å². The SMILES string of the molecule is Nn1c(Cl)nc2ccccc21. The molecule has 2 N–H and O–H groups in total. The molecule has 0 aliphatic heterocycles. The molecular formula is C7H6ClN3. The van der Waals surface area contributed by atoms with Crippen LogP contribution in [0.2, 0.25) is 5.28 Å². The van der Waals surface area contributed by atoms with Crippen molar-refractivity contribution >= 4 is 22.6 Å². The molecule has 11 heavy (non-hydrogen) atoms. The Balaban J connectivity index is 2.92. The third kappa shape index (κ3) is 0.851. The van der Waals surface area contributed by atoms with Crippen molar-refractivity contribution < 1.29 is 0 Å². The molecule has 2 aromatic rings. The maximum atomic E-state index is 5.68. The molecule has 0 fully saturated rings. The van der Waals surface area contributed by atoms with Crippen molar-refractivity contribution in [1.82, 2.24) is 9.66 Å². The van der Waals surface area contributed by atoms with Gasteiger partial charge in [0.05, 0.1) is 11.0 Å². The Morgan fingerprint density at radius 1 is 1.36 bits per heavy atom. The van der Waals surface area contributed by atoms with Gasteiger partial charge in [-0.3, -0.25) is 0 Å². The van der Waals surface area contributed by atoms with Crippen LogP contribution in [0.5, 0.6) is 0 Å². The number of nitrogens with two attached hydrogens (primary N) is 1. The van der Waals surface area contributed by atoms with Gasteiger partial charge >= 0.3 is 0 Å². The molecule has 0 amide bonds. The minimum absolute atomic E-state index is 0.311. The Labute approximate surface area is 68.4 Å². The lowest BCUT2D eigenvalue weighted by Gasteiger charge is -1.92. The Morgan fingerprint density at radius 3 is 2.82 bits per heavy atom. The average Bonchev–Trinajstić information content (AvgIpc) is 2.30. The van der Waals surface area contributed by atoms with E-state index < -0.39 is 0 Å². The first-order chi connectivity index (χ1) is 5.29. The fourth-order valence-corrected chi connectivity index (χ4v) is 1.20. The molecule has 0 atom stereocenters. The van der Waals surface area contributed by atoms with Crippen LogP contribution in [0, 0.1) is 0 Å². The maximum absolute atomic E-state index is 5.68. The van der Waals surface area contributed by atoms with Crippen molar-refractivity contribution in [2.24, 2.45) is 0 Å². The minimum atomic E-state index is 0.311. The van der Waals surface area contributed by atoms with E-state index >= 15 is 0 Å². The first kappa shape index (κ1) is 6.49. The number of hydrogen-bond donors (Lipinski definition) is 1. The highest BCUT2D eigenvalue weighted by Crippen LogP contribution is 2.15. The molecule has 0 unspecified atom stereocenters. The molecule has 0 radical (unpaired) electrons. The summed E-state index contributed by atoms with van der Waals surface area (Å²) in [5, 5.41) is 0.311. The summed E-state index contributed by atoms with van der Waals surface area (Å²) in [7, 11) is 0. The second-order valence-corrected chi connectivity index (χ2v) is 2.58. The molecule has 0 saturated carbocycles. The molecule has 0 spiro atoms. The number of para-hydroxylation sites is 2. The standard InChI is InChI=1S/C7H6ClN3/c8-7-10-5-3-1-2-4-6(5)11(7)9/h1-4H,9H2. The van der Waals surface area contributed by atoms with Crippen LogP contribution in [-0.4, -0.2) is 9.66 Å². The van der Waals surface area contributed by atoms with Crippen molar-refractivity contribution in [2.75, 3.05) is 5.84 Å². The van der Waals surface area contributed by atoms with Gasteiger partial charge in [0.15, 0.2) is 0 Å². The smallest absolute Gasteiger partial charge is 0.222 e. The summed E-state index contributed by atoms with van der Waals surface area (Å²) in [6.07, 6.45) is 0. The number of benzene rings is 1. The molecule has 2 rings (SSSR count).